The summed E-state index contributed by atoms with van der Waals surface area (Å²) >= 11 is 1.33. The maximum absolute atomic E-state index is 12.1. The zero-order valence-electron chi connectivity index (χ0n) is 15.2. The molecule has 0 aliphatic carbocycles. The van der Waals surface area contributed by atoms with Crippen LogP contribution < -0.4 is 14.4 Å². The van der Waals surface area contributed by atoms with Crippen LogP contribution in [-0.2, 0) is 11.4 Å². The number of nitro groups is 1. The first-order chi connectivity index (χ1) is 13.5. The molecule has 0 fully saturated rings. The Morgan fingerprint density at radius 2 is 1.96 bits per heavy atom. The van der Waals surface area contributed by atoms with Crippen LogP contribution >= 0.6 is 11.3 Å². The number of para-hydroxylation sites is 1. The minimum atomic E-state index is -0.501. The van der Waals surface area contributed by atoms with Gasteiger partial charge in [-0.1, -0.05) is 18.2 Å². The Morgan fingerprint density at radius 3 is 2.61 bits per heavy atom. The van der Waals surface area contributed by atoms with E-state index in [9.17, 15) is 14.9 Å². The van der Waals surface area contributed by atoms with Gasteiger partial charge in [0.15, 0.2) is 16.6 Å². The number of rotatable bonds is 7. The molecule has 0 spiro atoms. The molecule has 0 aliphatic rings. The number of nitro benzene ring substituents is 1. The van der Waals surface area contributed by atoms with E-state index in [0.717, 1.165) is 5.69 Å². The molecule has 28 heavy (non-hydrogen) atoms. The lowest BCUT2D eigenvalue weighted by atomic mass is 10.3. The van der Waals surface area contributed by atoms with Crippen molar-refractivity contribution in [2.75, 3.05) is 12.0 Å². The van der Waals surface area contributed by atoms with E-state index < -0.39 is 4.92 Å². The van der Waals surface area contributed by atoms with Crippen molar-refractivity contribution >= 4 is 33.8 Å². The van der Waals surface area contributed by atoms with Crippen LogP contribution in [0.1, 0.15) is 12.6 Å². The van der Waals surface area contributed by atoms with Gasteiger partial charge >= 0.3 is 0 Å². The Hall–Kier alpha value is -3.46. The smallest absolute Gasteiger partial charge is 0.273 e. The molecule has 8 nitrogen and oxygen atoms in total. The van der Waals surface area contributed by atoms with Gasteiger partial charge in [-0.2, -0.15) is 0 Å². The quantitative estimate of drug-likeness (QED) is 0.434. The van der Waals surface area contributed by atoms with E-state index in [4.69, 9.17) is 9.47 Å². The number of methoxy groups -OCH3 is 1. The average Bonchev–Trinajstić information content (AvgIpc) is 3.15. The Morgan fingerprint density at radius 1 is 1.21 bits per heavy atom. The number of ether oxygens (including phenoxy) is 2. The van der Waals surface area contributed by atoms with Crippen LogP contribution in [0.15, 0.2) is 53.9 Å². The van der Waals surface area contributed by atoms with Crippen LogP contribution in [0, 0.1) is 10.1 Å². The summed E-state index contributed by atoms with van der Waals surface area (Å²) in [7, 11) is 1.41. The number of anilines is 2. The highest BCUT2D eigenvalue weighted by Gasteiger charge is 2.18. The number of non-ortho nitro benzene ring substituents is 1. The number of carbonyl (C=O) groups excluding carboxylic acids is 1. The van der Waals surface area contributed by atoms with Gasteiger partial charge in [0.05, 0.1) is 29.5 Å². The van der Waals surface area contributed by atoms with Gasteiger partial charge in [0, 0.05) is 18.4 Å². The third-order valence-electron chi connectivity index (χ3n) is 3.79. The molecule has 0 aliphatic heterocycles. The highest BCUT2D eigenvalue weighted by atomic mass is 32.1. The second-order valence-electron chi connectivity index (χ2n) is 5.69. The monoisotopic (exact) mass is 399 g/mol. The molecule has 1 amide bonds. The number of thiazole rings is 1. The highest BCUT2D eigenvalue weighted by molar-refractivity contribution is 7.14. The van der Waals surface area contributed by atoms with Gasteiger partial charge in [-0.25, -0.2) is 4.98 Å². The van der Waals surface area contributed by atoms with Crippen molar-refractivity contribution in [1.29, 1.82) is 0 Å². The Kier molecular flexibility index (Phi) is 5.85. The molecule has 0 saturated carbocycles. The lowest BCUT2D eigenvalue weighted by Gasteiger charge is -2.17. The minimum Gasteiger partial charge on any atom is -0.493 e. The fourth-order valence-electron chi connectivity index (χ4n) is 2.51. The van der Waals surface area contributed by atoms with Crippen molar-refractivity contribution in [3.05, 3.63) is 69.7 Å². The SMILES string of the molecule is COc1cc([N+](=O)[O-])ccc1OCc1csc(N(C(C)=O)c2ccccc2)n1. The molecule has 2 aromatic carbocycles. The van der Waals surface area contributed by atoms with Crippen LogP contribution in [0.2, 0.25) is 0 Å². The molecule has 1 aromatic heterocycles. The van der Waals surface area contributed by atoms with Crippen LogP contribution in [0.5, 0.6) is 11.5 Å². The summed E-state index contributed by atoms with van der Waals surface area (Å²) in [6, 6.07) is 13.4. The van der Waals surface area contributed by atoms with E-state index in [1.54, 1.807) is 5.38 Å². The van der Waals surface area contributed by atoms with Crippen LogP contribution in [0.3, 0.4) is 0 Å². The molecular formula is C19H17N3O5S. The normalized spacial score (nSPS) is 10.4. The second-order valence-corrected chi connectivity index (χ2v) is 6.53. The van der Waals surface area contributed by atoms with Crippen molar-refractivity contribution < 1.29 is 19.2 Å². The molecule has 0 bridgehead atoms. The average molecular weight is 399 g/mol. The first kappa shape index (κ1) is 19.3. The number of hydrogen-bond donors (Lipinski definition) is 0. The lowest BCUT2D eigenvalue weighted by Crippen LogP contribution is -2.22. The lowest BCUT2D eigenvalue weighted by molar-refractivity contribution is -0.385. The van der Waals surface area contributed by atoms with Gasteiger partial charge in [0.25, 0.3) is 5.69 Å². The summed E-state index contributed by atoms with van der Waals surface area (Å²) in [5, 5.41) is 13.2. The van der Waals surface area contributed by atoms with Crippen molar-refractivity contribution in [3.8, 4) is 11.5 Å². The predicted molar refractivity (Wildman–Crippen MR) is 105 cm³/mol. The zero-order valence-corrected chi connectivity index (χ0v) is 16.0. The van der Waals surface area contributed by atoms with Gasteiger partial charge < -0.3 is 9.47 Å². The highest BCUT2D eigenvalue weighted by Crippen LogP contribution is 2.33. The molecule has 0 atom stereocenters. The molecule has 0 N–H and O–H groups in total. The Balaban J connectivity index is 1.76. The number of amides is 1. The predicted octanol–water partition coefficient (Wildman–Crippen LogP) is 4.32. The van der Waals surface area contributed by atoms with Gasteiger partial charge in [0.2, 0.25) is 5.91 Å². The van der Waals surface area contributed by atoms with Gasteiger partial charge in [-0.3, -0.25) is 19.8 Å². The summed E-state index contributed by atoms with van der Waals surface area (Å²) < 4.78 is 10.9. The summed E-state index contributed by atoms with van der Waals surface area (Å²) in [6.07, 6.45) is 0. The molecule has 144 valence electrons. The summed E-state index contributed by atoms with van der Waals surface area (Å²) in [4.78, 5) is 28.5. The topological polar surface area (TPSA) is 94.8 Å². The maximum atomic E-state index is 12.1. The summed E-state index contributed by atoms with van der Waals surface area (Å²) in [5.74, 6) is 0.485. The molecule has 0 saturated heterocycles. The van der Waals surface area contributed by atoms with Crippen molar-refractivity contribution in [1.82, 2.24) is 4.98 Å². The van der Waals surface area contributed by atoms with Gasteiger partial charge in [-0.05, 0) is 18.2 Å². The third-order valence-corrected chi connectivity index (χ3v) is 4.67. The van der Waals surface area contributed by atoms with E-state index in [0.29, 0.717) is 16.6 Å². The molecule has 0 radical (unpaired) electrons. The molecule has 1 heterocycles. The molecule has 9 heteroatoms. The number of nitrogens with zero attached hydrogens (tertiary/aromatic N) is 3. The van der Waals surface area contributed by atoms with Crippen molar-refractivity contribution in [3.63, 3.8) is 0 Å². The van der Waals surface area contributed by atoms with Gasteiger partial charge in [0.1, 0.15) is 6.61 Å². The number of aromatic nitrogens is 1. The number of hydrogen-bond acceptors (Lipinski definition) is 7. The fraction of sp³-hybridized carbons (Fsp3) is 0.158. The van der Waals surface area contributed by atoms with Crippen molar-refractivity contribution in [2.24, 2.45) is 0 Å². The molecule has 3 aromatic rings. The Bertz CT molecular complexity index is 990. The third kappa shape index (κ3) is 4.26. The van der Waals surface area contributed by atoms with Gasteiger partial charge in [-0.15, -0.1) is 11.3 Å². The summed E-state index contributed by atoms with van der Waals surface area (Å²) in [6.45, 7) is 1.61. The van der Waals surface area contributed by atoms with E-state index in [2.05, 4.69) is 4.98 Å². The van der Waals surface area contributed by atoms with Crippen LogP contribution in [-0.4, -0.2) is 22.9 Å². The van der Waals surface area contributed by atoms with E-state index >= 15 is 0 Å². The van der Waals surface area contributed by atoms with E-state index in [1.807, 2.05) is 30.3 Å². The largest absolute Gasteiger partial charge is 0.493 e. The molecule has 0 unspecified atom stereocenters. The zero-order chi connectivity index (χ0) is 20.1. The standard InChI is InChI=1S/C19H17N3O5S/c1-13(23)21(15-6-4-3-5-7-15)19-20-14(12-28-19)11-27-17-9-8-16(22(24)25)10-18(17)26-2/h3-10,12H,11H2,1-2H3. The fourth-order valence-corrected chi connectivity index (χ4v) is 3.38. The second kappa shape index (κ2) is 8.49. The van der Waals surface area contributed by atoms with E-state index in [-0.39, 0.29) is 24.0 Å². The van der Waals surface area contributed by atoms with Crippen LogP contribution in [0.25, 0.3) is 0 Å². The summed E-state index contributed by atoms with van der Waals surface area (Å²) in [5.41, 5.74) is 1.27. The maximum Gasteiger partial charge on any atom is 0.273 e. The van der Waals surface area contributed by atoms with Crippen molar-refractivity contribution in [2.45, 2.75) is 13.5 Å². The number of benzene rings is 2. The molecule has 3 rings (SSSR count). The molecular weight excluding hydrogens is 382 g/mol. The Labute approximate surface area is 165 Å². The number of carbonyl (C=O) groups is 1. The van der Waals surface area contributed by atoms with Crippen LogP contribution in [0.4, 0.5) is 16.5 Å². The van der Waals surface area contributed by atoms with E-state index in [1.165, 1.54) is 48.5 Å². The first-order valence-electron chi connectivity index (χ1n) is 8.25. The first-order valence-corrected chi connectivity index (χ1v) is 9.13. The minimum absolute atomic E-state index is 0.0832.